The molecule has 0 aliphatic carbocycles. The minimum atomic E-state index is 0.278. The lowest BCUT2D eigenvalue weighted by Gasteiger charge is -2.17. The van der Waals surface area contributed by atoms with Gasteiger partial charge in [0.1, 0.15) is 5.75 Å². The number of likely N-dealkylation sites (N-methyl/N-ethyl adjacent to an activating group) is 1. The fourth-order valence-corrected chi connectivity index (χ4v) is 2.41. The molecule has 4 nitrogen and oxygen atoms in total. The van der Waals surface area contributed by atoms with Gasteiger partial charge in [0.05, 0.1) is 12.3 Å². The highest BCUT2D eigenvalue weighted by molar-refractivity contribution is 5.30. The third kappa shape index (κ3) is 3.39. The Bertz CT molecular complexity index is 545. The molecule has 0 aliphatic rings. The molecule has 4 heteroatoms. The number of hydrogen-bond donors (Lipinski definition) is 1. The van der Waals surface area contributed by atoms with Gasteiger partial charge in [-0.2, -0.15) is 5.10 Å². The molecule has 1 unspecified atom stereocenters. The van der Waals surface area contributed by atoms with Crippen molar-refractivity contribution in [1.82, 2.24) is 15.1 Å². The molecule has 1 atom stereocenters. The molecule has 0 spiro atoms. The molecule has 0 saturated carbocycles. The number of nitrogens with zero attached hydrogens (tertiary/aromatic N) is 2. The van der Waals surface area contributed by atoms with Crippen molar-refractivity contribution in [3.8, 4) is 5.75 Å². The second-order valence-corrected chi connectivity index (χ2v) is 4.95. The zero-order chi connectivity index (χ0) is 14.5. The van der Waals surface area contributed by atoms with Crippen LogP contribution < -0.4 is 10.1 Å². The number of rotatable bonds is 6. The quantitative estimate of drug-likeness (QED) is 0.879. The average Bonchev–Trinajstić information content (AvgIpc) is 2.75. The van der Waals surface area contributed by atoms with E-state index in [4.69, 9.17) is 4.74 Å². The molecule has 1 aromatic carbocycles. The number of benzene rings is 1. The maximum Gasteiger partial charge on any atom is 0.119 e. The van der Waals surface area contributed by atoms with Gasteiger partial charge in [-0.3, -0.25) is 4.68 Å². The fraction of sp³-hybridized carbons (Fsp3) is 0.438. The molecule has 0 bridgehead atoms. The summed E-state index contributed by atoms with van der Waals surface area (Å²) < 4.78 is 7.43. The summed E-state index contributed by atoms with van der Waals surface area (Å²) in [5.74, 6) is 0.919. The van der Waals surface area contributed by atoms with E-state index in [9.17, 15) is 0 Å². The van der Waals surface area contributed by atoms with Gasteiger partial charge in [-0.05, 0) is 44.7 Å². The lowest BCUT2D eigenvalue weighted by molar-refractivity contribution is 0.340. The topological polar surface area (TPSA) is 39.1 Å². The van der Waals surface area contributed by atoms with Crippen LogP contribution in [0.25, 0.3) is 0 Å². The zero-order valence-corrected chi connectivity index (χ0v) is 12.7. The Morgan fingerprint density at radius 2 is 2.00 bits per heavy atom. The Morgan fingerprint density at radius 1 is 1.30 bits per heavy atom. The normalized spacial score (nSPS) is 12.4. The number of aromatic nitrogens is 2. The summed E-state index contributed by atoms with van der Waals surface area (Å²) in [5.41, 5.74) is 3.55. The Balaban J connectivity index is 2.13. The molecule has 1 aromatic heterocycles. The Morgan fingerprint density at radius 3 is 2.50 bits per heavy atom. The number of hydrogen-bond acceptors (Lipinski definition) is 3. The number of nitrogens with one attached hydrogen (secondary N) is 1. The first-order valence-corrected chi connectivity index (χ1v) is 7.03. The maximum atomic E-state index is 5.48. The Kier molecular flexibility index (Phi) is 4.79. The van der Waals surface area contributed by atoms with E-state index >= 15 is 0 Å². The highest BCUT2D eigenvalue weighted by atomic mass is 16.5. The van der Waals surface area contributed by atoms with E-state index in [-0.39, 0.29) is 6.04 Å². The Hall–Kier alpha value is -1.81. The maximum absolute atomic E-state index is 5.48. The third-order valence-electron chi connectivity index (χ3n) is 3.45. The molecule has 0 aliphatic heterocycles. The van der Waals surface area contributed by atoms with Crippen molar-refractivity contribution in [2.75, 3.05) is 13.7 Å². The van der Waals surface area contributed by atoms with Crippen molar-refractivity contribution in [2.45, 2.75) is 26.3 Å². The highest BCUT2D eigenvalue weighted by Crippen LogP contribution is 2.21. The van der Waals surface area contributed by atoms with Crippen molar-refractivity contribution >= 4 is 0 Å². The van der Waals surface area contributed by atoms with E-state index in [1.54, 1.807) is 0 Å². The SMILES string of the molecule is CCOc1ccc(C(Cc2cc(C)nn2C)NC)cc1. The summed E-state index contributed by atoms with van der Waals surface area (Å²) in [7, 11) is 3.98. The van der Waals surface area contributed by atoms with Gasteiger partial charge in [0, 0.05) is 25.2 Å². The Labute approximate surface area is 120 Å². The summed E-state index contributed by atoms with van der Waals surface area (Å²) in [6, 6.07) is 10.7. The summed E-state index contributed by atoms with van der Waals surface area (Å²) >= 11 is 0. The van der Waals surface area contributed by atoms with Crippen LogP contribution in [0.15, 0.2) is 30.3 Å². The van der Waals surface area contributed by atoms with Crippen molar-refractivity contribution in [1.29, 1.82) is 0 Å². The van der Waals surface area contributed by atoms with Crippen LogP contribution in [0.1, 0.15) is 29.9 Å². The van der Waals surface area contributed by atoms with Gasteiger partial charge in [-0.1, -0.05) is 12.1 Å². The van der Waals surface area contributed by atoms with Crippen LogP contribution in [0.3, 0.4) is 0 Å². The molecule has 1 N–H and O–H groups in total. The van der Waals surface area contributed by atoms with Crippen LogP contribution in [-0.2, 0) is 13.5 Å². The predicted octanol–water partition coefficient (Wildman–Crippen LogP) is 2.63. The van der Waals surface area contributed by atoms with Crippen LogP contribution in [0.2, 0.25) is 0 Å². The zero-order valence-electron chi connectivity index (χ0n) is 12.7. The van der Waals surface area contributed by atoms with Crippen LogP contribution >= 0.6 is 0 Å². The van der Waals surface area contributed by atoms with Crippen molar-refractivity contribution in [3.63, 3.8) is 0 Å². The van der Waals surface area contributed by atoms with Gasteiger partial charge in [0.25, 0.3) is 0 Å². The molecule has 20 heavy (non-hydrogen) atoms. The third-order valence-corrected chi connectivity index (χ3v) is 3.45. The first kappa shape index (κ1) is 14.6. The number of aryl methyl sites for hydroxylation is 2. The minimum absolute atomic E-state index is 0.278. The lowest BCUT2D eigenvalue weighted by atomic mass is 10.0. The largest absolute Gasteiger partial charge is 0.494 e. The lowest BCUT2D eigenvalue weighted by Crippen LogP contribution is -2.20. The van der Waals surface area contributed by atoms with E-state index in [2.05, 4.69) is 28.6 Å². The molecular weight excluding hydrogens is 250 g/mol. The second-order valence-electron chi connectivity index (χ2n) is 4.95. The van der Waals surface area contributed by atoms with Crippen LogP contribution in [0.5, 0.6) is 5.75 Å². The summed E-state index contributed by atoms with van der Waals surface area (Å²) in [5, 5.41) is 7.77. The minimum Gasteiger partial charge on any atom is -0.494 e. The molecule has 0 saturated heterocycles. The number of ether oxygens (including phenoxy) is 1. The first-order valence-electron chi connectivity index (χ1n) is 7.03. The molecule has 0 amide bonds. The van der Waals surface area contributed by atoms with Gasteiger partial charge < -0.3 is 10.1 Å². The van der Waals surface area contributed by atoms with Gasteiger partial charge in [-0.25, -0.2) is 0 Å². The fourth-order valence-electron chi connectivity index (χ4n) is 2.41. The van der Waals surface area contributed by atoms with Gasteiger partial charge >= 0.3 is 0 Å². The highest BCUT2D eigenvalue weighted by Gasteiger charge is 2.13. The average molecular weight is 273 g/mol. The van der Waals surface area contributed by atoms with Crippen molar-refractivity contribution < 1.29 is 4.74 Å². The molecule has 1 heterocycles. The predicted molar refractivity (Wildman–Crippen MR) is 81.1 cm³/mol. The van der Waals surface area contributed by atoms with Gasteiger partial charge in [-0.15, -0.1) is 0 Å². The van der Waals surface area contributed by atoms with E-state index in [0.717, 1.165) is 17.9 Å². The van der Waals surface area contributed by atoms with Crippen LogP contribution in [-0.4, -0.2) is 23.4 Å². The van der Waals surface area contributed by atoms with E-state index in [1.807, 2.05) is 44.8 Å². The van der Waals surface area contributed by atoms with E-state index < -0.39 is 0 Å². The molecule has 0 fully saturated rings. The smallest absolute Gasteiger partial charge is 0.119 e. The molecule has 2 aromatic rings. The summed E-state index contributed by atoms with van der Waals surface area (Å²) in [6.45, 7) is 4.72. The van der Waals surface area contributed by atoms with Crippen molar-refractivity contribution in [3.05, 3.63) is 47.3 Å². The van der Waals surface area contributed by atoms with E-state index in [0.29, 0.717) is 6.61 Å². The monoisotopic (exact) mass is 273 g/mol. The van der Waals surface area contributed by atoms with Gasteiger partial charge in [0.15, 0.2) is 0 Å². The molecule has 0 radical (unpaired) electrons. The molecule has 2 rings (SSSR count). The van der Waals surface area contributed by atoms with Crippen LogP contribution in [0.4, 0.5) is 0 Å². The van der Waals surface area contributed by atoms with Gasteiger partial charge in [0.2, 0.25) is 0 Å². The van der Waals surface area contributed by atoms with Crippen molar-refractivity contribution in [2.24, 2.45) is 7.05 Å². The standard InChI is InChI=1S/C16H23N3O/c1-5-20-15-8-6-13(7-9-15)16(17-3)11-14-10-12(2)18-19(14)4/h6-10,16-17H,5,11H2,1-4H3. The van der Waals surface area contributed by atoms with E-state index in [1.165, 1.54) is 11.3 Å². The molecular formula is C16H23N3O. The molecule has 108 valence electrons. The first-order chi connectivity index (χ1) is 9.63. The summed E-state index contributed by atoms with van der Waals surface area (Å²) in [4.78, 5) is 0. The second kappa shape index (κ2) is 6.57. The summed E-state index contributed by atoms with van der Waals surface area (Å²) in [6.07, 6.45) is 0.918. The van der Waals surface area contributed by atoms with Crippen LogP contribution in [0, 0.1) is 6.92 Å².